The zero-order chi connectivity index (χ0) is 14.0. The van der Waals surface area contributed by atoms with Gasteiger partial charge in [0, 0.05) is 22.9 Å². The van der Waals surface area contributed by atoms with E-state index in [9.17, 15) is 8.42 Å². The number of halogens is 1. The molecule has 0 unspecified atom stereocenters. The van der Waals surface area contributed by atoms with Crippen LogP contribution in [0.4, 0.5) is 0 Å². The fraction of sp³-hybridized carbons (Fsp3) is 0.231. The van der Waals surface area contributed by atoms with Crippen molar-refractivity contribution in [3.63, 3.8) is 0 Å². The van der Waals surface area contributed by atoms with Crippen molar-refractivity contribution in [1.82, 2.24) is 4.31 Å². The van der Waals surface area contributed by atoms with Crippen molar-refractivity contribution in [2.75, 3.05) is 7.05 Å². The van der Waals surface area contributed by atoms with E-state index in [1.165, 1.54) is 4.31 Å². The van der Waals surface area contributed by atoms with Gasteiger partial charge in [-0.05, 0) is 42.1 Å². The summed E-state index contributed by atoms with van der Waals surface area (Å²) in [4.78, 5) is 1.35. The van der Waals surface area contributed by atoms with Gasteiger partial charge >= 0.3 is 0 Å². The van der Waals surface area contributed by atoms with Gasteiger partial charge in [0.05, 0.1) is 4.90 Å². The third kappa shape index (κ3) is 3.25. The van der Waals surface area contributed by atoms with E-state index in [-0.39, 0.29) is 0 Å². The van der Waals surface area contributed by atoms with Gasteiger partial charge in [-0.1, -0.05) is 22.0 Å². The first-order chi connectivity index (χ1) is 8.91. The van der Waals surface area contributed by atoms with Gasteiger partial charge in [-0.15, -0.1) is 11.3 Å². The third-order valence-electron chi connectivity index (χ3n) is 2.80. The number of nitrogens with zero attached hydrogens (tertiary/aromatic N) is 1. The predicted octanol–water partition coefficient (Wildman–Crippen LogP) is 3.64. The molecule has 102 valence electrons. The average molecular weight is 360 g/mol. The maximum absolute atomic E-state index is 12.4. The van der Waals surface area contributed by atoms with E-state index >= 15 is 0 Å². The first kappa shape index (κ1) is 14.7. The maximum Gasteiger partial charge on any atom is 0.243 e. The summed E-state index contributed by atoms with van der Waals surface area (Å²) in [5.74, 6) is 0. The Hall–Kier alpha value is -0.690. The number of aryl methyl sites for hydroxylation is 1. The topological polar surface area (TPSA) is 37.4 Å². The summed E-state index contributed by atoms with van der Waals surface area (Å²) in [6.07, 6.45) is 0. The molecule has 0 aliphatic carbocycles. The van der Waals surface area contributed by atoms with Gasteiger partial charge in [0.25, 0.3) is 0 Å². The molecule has 0 saturated heterocycles. The Labute approximate surface area is 126 Å². The van der Waals surface area contributed by atoms with Crippen LogP contribution in [0.1, 0.15) is 10.4 Å². The van der Waals surface area contributed by atoms with Crippen LogP contribution in [0.15, 0.2) is 45.1 Å². The lowest BCUT2D eigenvalue weighted by Crippen LogP contribution is -2.26. The molecule has 0 radical (unpaired) electrons. The Morgan fingerprint density at radius 2 is 2.05 bits per heavy atom. The lowest BCUT2D eigenvalue weighted by atomic mass is 10.2. The second-order valence-corrected chi connectivity index (χ2v) is 8.18. The first-order valence-corrected chi connectivity index (χ1v) is 8.77. The highest BCUT2D eigenvalue weighted by molar-refractivity contribution is 9.10. The lowest BCUT2D eigenvalue weighted by Gasteiger charge is -2.17. The van der Waals surface area contributed by atoms with E-state index in [0.717, 1.165) is 14.9 Å². The highest BCUT2D eigenvalue weighted by atomic mass is 79.9. The minimum absolute atomic E-state index is 0.326. The standard InChI is InChI=1S/C13H14BrNO2S2/c1-10-8-12(5-6-13(10)14)19(16,17)15(2)9-11-4-3-7-18-11/h3-8H,9H2,1-2H3. The second-order valence-electron chi connectivity index (χ2n) is 4.25. The average Bonchev–Trinajstić information content (AvgIpc) is 2.85. The van der Waals surface area contributed by atoms with Crippen molar-refractivity contribution in [2.24, 2.45) is 0 Å². The van der Waals surface area contributed by atoms with Crippen LogP contribution in [-0.2, 0) is 16.6 Å². The van der Waals surface area contributed by atoms with Gasteiger partial charge in [-0.2, -0.15) is 4.31 Å². The summed E-state index contributed by atoms with van der Waals surface area (Å²) in [5.41, 5.74) is 0.908. The molecule has 0 aliphatic rings. The number of thiophene rings is 1. The van der Waals surface area contributed by atoms with E-state index < -0.39 is 10.0 Å². The van der Waals surface area contributed by atoms with E-state index in [0.29, 0.717) is 11.4 Å². The highest BCUT2D eigenvalue weighted by Gasteiger charge is 2.21. The fourth-order valence-electron chi connectivity index (χ4n) is 1.66. The monoisotopic (exact) mass is 359 g/mol. The summed E-state index contributed by atoms with van der Waals surface area (Å²) in [7, 11) is -1.83. The molecule has 0 spiro atoms. The van der Waals surface area contributed by atoms with Crippen LogP contribution in [0.2, 0.25) is 0 Å². The zero-order valence-electron chi connectivity index (χ0n) is 10.6. The molecule has 2 aromatic rings. The Balaban J connectivity index is 2.28. The van der Waals surface area contributed by atoms with Crippen LogP contribution >= 0.6 is 27.3 Å². The van der Waals surface area contributed by atoms with Crippen molar-refractivity contribution >= 4 is 37.3 Å². The molecular weight excluding hydrogens is 346 g/mol. The van der Waals surface area contributed by atoms with Gasteiger partial charge in [0.1, 0.15) is 0 Å². The van der Waals surface area contributed by atoms with Crippen LogP contribution in [0.3, 0.4) is 0 Å². The number of hydrogen-bond donors (Lipinski definition) is 0. The van der Waals surface area contributed by atoms with Gasteiger partial charge in [0.15, 0.2) is 0 Å². The predicted molar refractivity (Wildman–Crippen MR) is 81.9 cm³/mol. The van der Waals surface area contributed by atoms with Gasteiger partial charge in [0.2, 0.25) is 10.0 Å². The number of sulfonamides is 1. The number of hydrogen-bond acceptors (Lipinski definition) is 3. The van der Waals surface area contributed by atoms with Crippen molar-refractivity contribution in [3.05, 3.63) is 50.6 Å². The first-order valence-electron chi connectivity index (χ1n) is 5.66. The Kier molecular flexibility index (Phi) is 4.45. The largest absolute Gasteiger partial charge is 0.243 e. The van der Waals surface area contributed by atoms with E-state index in [4.69, 9.17) is 0 Å². The normalized spacial score (nSPS) is 12.0. The van der Waals surface area contributed by atoms with Crippen molar-refractivity contribution in [1.29, 1.82) is 0 Å². The molecule has 1 aromatic carbocycles. The number of benzene rings is 1. The van der Waals surface area contributed by atoms with E-state index in [2.05, 4.69) is 15.9 Å². The molecule has 6 heteroatoms. The Bertz CT molecular complexity index is 666. The van der Waals surface area contributed by atoms with E-state index in [1.54, 1.807) is 36.6 Å². The zero-order valence-corrected chi connectivity index (χ0v) is 13.8. The summed E-state index contributed by atoms with van der Waals surface area (Å²) in [5, 5.41) is 1.94. The second kappa shape index (κ2) is 5.75. The molecule has 0 amide bonds. The Morgan fingerprint density at radius 3 is 2.63 bits per heavy atom. The van der Waals surface area contributed by atoms with Crippen LogP contribution in [-0.4, -0.2) is 19.8 Å². The maximum atomic E-state index is 12.4. The van der Waals surface area contributed by atoms with Crippen molar-refractivity contribution < 1.29 is 8.42 Å². The summed E-state index contributed by atoms with van der Waals surface area (Å²) >= 11 is 4.93. The molecule has 3 nitrogen and oxygen atoms in total. The van der Waals surface area contributed by atoms with E-state index in [1.807, 2.05) is 24.4 Å². The minimum atomic E-state index is -3.44. The van der Waals surface area contributed by atoms with Crippen LogP contribution in [0.5, 0.6) is 0 Å². The molecule has 2 rings (SSSR count). The summed E-state index contributed by atoms with van der Waals surface area (Å²) < 4.78 is 27.2. The SMILES string of the molecule is Cc1cc(S(=O)(=O)N(C)Cc2cccs2)ccc1Br. The molecule has 0 saturated carbocycles. The van der Waals surface area contributed by atoms with Crippen molar-refractivity contribution in [2.45, 2.75) is 18.4 Å². The van der Waals surface area contributed by atoms with Crippen LogP contribution in [0, 0.1) is 6.92 Å². The minimum Gasteiger partial charge on any atom is -0.207 e. The lowest BCUT2D eigenvalue weighted by molar-refractivity contribution is 0.469. The summed E-state index contributed by atoms with van der Waals surface area (Å²) in [6, 6.07) is 8.93. The van der Waals surface area contributed by atoms with Crippen LogP contribution in [0.25, 0.3) is 0 Å². The molecule has 0 N–H and O–H groups in total. The molecule has 0 atom stereocenters. The molecular formula is C13H14BrNO2S2. The highest BCUT2D eigenvalue weighted by Crippen LogP contribution is 2.23. The molecule has 0 fully saturated rings. The quantitative estimate of drug-likeness (QED) is 0.835. The number of rotatable bonds is 4. The van der Waals surface area contributed by atoms with Crippen molar-refractivity contribution in [3.8, 4) is 0 Å². The summed E-state index contributed by atoms with van der Waals surface area (Å²) in [6.45, 7) is 2.28. The molecule has 0 aliphatic heterocycles. The van der Waals surface area contributed by atoms with Gasteiger partial charge in [-0.3, -0.25) is 0 Å². The molecule has 1 heterocycles. The molecule has 0 bridgehead atoms. The Morgan fingerprint density at radius 1 is 1.32 bits per heavy atom. The molecule has 1 aromatic heterocycles. The molecule has 19 heavy (non-hydrogen) atoms. The van der Waals surface area contributed by atoms with Gasteiger partial charge in [-0.25, -0.2) is 8.42 Å². The van der Waals surface area contributed by atoms with Gasteiger partial charge < -0.3 is 0 Å². The third-order valence-corrected chi connectivity index (χ3v) is 6.35. The fourth-order valence-corrected chi connectivity index (χ4v) is 3.98. The van der Waals surface area contributed by atoms with Crippen LogP contribution < -0.4 is 0 Å². The smallest absolute Gasteiger partial charge is 0.207 e.